The molecule has 3 N–H and O–H groups in total. The monoisotopic (exact) mass is 403 g/mol. The van der Waals surface area contributed by atoms with Crippen LogP contribution in [0.1, 0.15) is 16.9 Å². The summed E-state index contributed by atoms with van der Waals surface area (Å²) in [5.41, 5.74) is 5.30. The van der Waals surface area contributed by atoms with Crippen LogP contribution in [0.3, 0.4) is 0 Å². The van der Waals surface area contributed by atoms with E-state index in [0.29, 0.717) is 16.6 Å². The van der Waals surface area contributed by atoms with Gasteiger partial charge < -0.3 is 4.98 Å². The highest BCUT2D eigenvalue weighted by Crippen LogP contribution is 2.14. The predicted octanol–water partition coefficient (Wildman–Crippen LogP) is 1.34. The third kappa shape index (κ3) is 3.94. The van der Waals surface area contributed by atoms with E-state index in [1.807, 2.05) is 0 Å². The highest BCUT2D eigenvalue weighted by atomic mass is 79.9. The fourth-order valence-electron chi connectivity index (χ4n) is 2.24. The van der Waals surface area contributed by atoms with Crippen LogP contribution in [0, 0.1) is 0 Å². The first-order valence-corrected chi connectivity index (χ1v) is 8.21. The van der Waals surface area contributed by atoms with Gasteiger partial charge in [0.2, 0.25) is 5.91 Å². The fraction of sp³-hybridized carbons (Fsp3) is 0.125. The molecule has 0 aliphatic rings. The van der Waals surface area contributed by atoms with E-state index in [4.69, 9.17) is 0 Å². The van der Waals surface area contributed by atoms with Crippen molar-refractivity contribution in [3.8, 4) is 0 Å². The van der Waals surface area contributed by atoms with Crippen molar-refractivity contribution in [1.82, 2.24) is 25.4 Å². The maximum atomic E-state index is 12.4. The van der Waals surface area contributed by atoms with Crippen LogP contribution >= 0.6 is 15.9 Å². The van der Waals surface area contributed by atoms with Gasteiger partial charge in [-0.1, -0.05) is 15.9 Å². The number of hydrogen-bond acceptors (Lipinski definition) is 4. The number of hydrogen-bond donors (Lipinski definition) is 3. The summed E-state index contributed by atoms with van der Waals surface area (Å²) in [6, 6.07) is 8.50. The number of hydrazine groups is 1. The van der Waals surface area contributed by atoms with Gasteiger partial charge in [-0.25, -0.2) is 4.98 Å². The molecule has 25 heavy (non-hydrogen) atoms. The average molecular weight is 404 g/mol. The molecule has 0 radical (unpaired) electrons. The zero-order valence-corrected chi connectivity index (χ0v) is 14.5. The first-order valence-electron chi connectivity index (χ1n) is 7.42. The van der Waals surface area contributed by atoms with Gasteiger partial charge in [-0.05, 0) is 30.3 Å². The van der Waals surface area contributed by atoms with Crippen molar-refractivity contribution in [2.24, 2.45) is 0 Å². The molecule has 3 aromatic rings. The van der Waals surface area contributed by atoms with Crippen LogP contribution in [0.2, 0.25) is 0 Å². The van der Waals surface area contributed by atoms with E-state index in [0.717, 1.165) is 4.47 Å². The molecule has 1 aromatic carbocycles. The van der Waals surface area contributed by atoms with Gasteiger partial charge in [0, 0.05) is 23.6 Å². The van der Waals surface area contributed by atoms with Crippen molar-refractivity contribution < 1.29 is 9.59 Å². The highest BCUT2D eigenvalue weighted by molar-refractivity contribution is 9.10. The zero-order valence-electron chi connectivity index (χ0n) is 13.0. The normalized spacial score (nSPS) is 10.6. The number of carbonyl (C=O) groups is 2. The number of rotatable bonds is 4. The summed E-state index contributed by atoms with van der Waals surface area (Å²) in [7, 11) is 0. The Balaban J connectivity index is 1.60. The smallest absolute Gasteiger partial charge is 0.286 e. The van der Waals surface area contributed by atoms with E-state index < -0.39 is 11.8 Å². The molecule has 0 saturated carbocycles. The average Bonchev–Trinajstić information content (AvgIpc) is 3.14. The molecule has 0 atom stereocenters. The molecular weight excluding hydrogens is 390 g/mol. The second-order valence-electron chi connectivity index (χ2n) is 5.24. The minimum Gasteiger partial charge on any atom is -0.357 e. The fourth-order valence-corrected chi connectivity index (χ4v) is 2.60. The van der Waals surface area contributed by atoms with Gasteiger partial charge in [-0.3, -0.25) is 29.8 Å². The summed E-state index contributed by atoms with van der Waals surface area (Å²) in [6.07, 6.45) is 3.03. The van der Waals surface area contributed by atoms with E-state index in [1.165, 1.54) is 10.9 Å². The molecule has 0 unspecified atom stereocenters. The first kappa shape index (κ1) is 16.9. The third-order valence-corrected chi connectivity index (χ3v) is 4.02. The molecule has 2 heterocycles. The number of nitrogens with one attached hydrogen (secondary N) is 3. The second-order valence-corrected chi connectivity index (χ2v) is 6.16. The summed E-state index contributed by atoms with van der Waals surface area (Å²) in [5, 5.41) is 0.470. The van der Waals surface area contributed by atoms with Gasteiger partial charge in [0.25, 0.3) is 11.5 Å². The van der Waals surface area contributed by atoms with E-state index in [1.54, 1.807) is 36.5 Å². The number of benzene rings is 1. The number of carbonyl (C=O) groups excluding carboxylic acids is 2. The number of H-pyrrole nitrogens is 1. The van der Waals surface area contributed by atoms with Crippen molar-refractivity contribution in [3.63, 3.8) is 0 Å². The highest BCUT2D eigenvalue weighted by Gasteiger charge is 2.09. The molecular formula is C16H14BrN5O3. The van der Waals surface area contributed by atoms with Crippen molar-refractivity contribution in [2.75, 3.05) is 0 Å². The van der Waals surface area contributed by atoms with Gasteiger partial charge in [0.05, 0.1) is 17.2 Å². The van der Waals surface area contributed by atoms with E-state index in [9.17, 15) is 14.4 Å². The Bertz CT molecular complexity index is 981. The molecule has 0 aliphatic carbocycles. The summed E-state index contributed by atoms with van der Waals surface area (Å²) in [4.78, 5) is 42.9. The second kappa shape index (κ2) is 7.31. The predicted molar refractivity (Wildman–Crippen MR) is 94.7 cm³/mol. The molecule has 0 fully saturated rings. The summed E-state index contributed by atoms with van der Waals surface area (Å²) < 4.78 is 2.14. The maximum absolute atomic E-state index is 12.4. The zero-order chi connectivity index (χ0) is 17.8. The number of fused-ring (bicyclic) bond motifs is 1. The molecule has 0 bridgehead atoms. The number of nitrogens with zero attached hydrogens (tertiary/aromatic N) is 2. The van der Waals surface area contributed by atoms with Crippen LogP contribution in [0.25, 0.3) is 10.9 Å². The lowest BCUT2D eigenvalue weighted by Gasteiger charge is -2.08. The molecule has 2 amide bonds. The quantitative estimate of drug-likeness (QED) is 0.571. The Hall–Kier alpha value is -2.94. The molecule has 0 aliphatic heterocycles. The molecule has 8 nitrogen and oxygen atoms in total. The topological polar surface area (TPSA) is 109 Å². The third-order valence-electron chi connectivity index (χ3n) is 3.52. The summed E-state index contributed by atoms with van der Waals surface area (Å²) >= 11 is 3.32. The number of halogens is 1. The number of aromatic nitrogens is 3. The summed E-state index contributed by atoms with van der Waals surface area (Å²) in [5.74, 6) is -0.867. The van der Waals surface area contributed by atoms with Gasteiger partial charge in [0.1, 0.15) is 5.69 Å². The van der Waals surface area contributed by atoms with Crippen LogP contribution in [0.4, 0.5) is 0 Å². The van der Waals surface area contributed by atoms with Crippen LogP contribution in [0.5, 0.6) is 0 Å². The summed E-state index contributed by atoms with van der Waals surface area (Å²) in [6.45, 7) is 0.151. The van der Waals surface area contributed by atoms with E-state index in [-0.39, 0.29) is 18.5 Å². The minimum atomic E-state index is -0.451. The maximum Gasteiger partial charge on any atom is 0.286 e. The minimum absolute atomic E-state index is 0.0199. The van der Waals surface area contributed by atoms with Crippen molar-refractivity contribution >= 4 is 38.6 Å². The molecule has 3 rings (SSSR count). The number of amides is 2. The van der Waals surface area contributed by atoms with Crippen LogP contribution in [-0.4, -0.2) is 26.3 Å². The standard InChI is InChI=1S/C16H14BrN5O3/c17-10-3-4-12-11(8-10)16(25)22(9-19-12)7-5-14(23)20-21-15(24)13-2-1-6-18-13/h1-4,6,8-9,18H,5,7H2,(H,20,23)(H,21,24). The SMILES string of the molecule is O=C(CCn1cnc2ccc(Br)cc2c1=O)NNC(=O)c1ccc[nH]1. The molecule has 0 saturated heterocycles. The Kier molecular flexibility index (Phi) is 4.94. The van der Waals surface area contributed by atoms with Gasteiger partial charge in [-0.2, -0.15) is 0 Å². The van der Waals surface area contributed by atoms with E-state index in [2.05, 4.69) is 36.7 Å². The molecule has 9 heteroatoms. The largest absolute Gasteiger partial charge is 0.357 e. The Morgan fingerprint density at radius 1 is 1.24 bits per heavy atom. The molecule has 128 valence electrons. The number of aryl methyl sites for hydroxylation is 1. The van der Waals surface area contributed by atoms with Crippen LogP contribution in [-0.2, 0) is 11.3 Å². The first-order chi connectivity index (χ1) is 12.0. The molecule has 2 aromatic heterocycles. The lowest BCUT2D eigenvalue weighted by molar-refractivity contribution is -0.122. The van der Waals surface area contributed by atoms with Crippen LogP contribution < -0.4 is 16.4 Å². The Labute approximate surface area is 150 Å². The lowest BCUT2D eigenvalue weighted by atomic mass is 10.2. The van der Waals surface area contributed by atoms with Gasteiger partial charge in [-0.15, -0.1) is 0 Å². The van der Waals surface area contributed by atoms with Gasteiger partial charge in [0.15, 0.2) is 0 Å². The van der Waals surface area contributed by atoms with Crippen LogP contribution in [0.15, 0.2) is 52.1 Å². The van der Waals surface area contributed by atoms with E-state index >= 15 is 0 Å². The van der Waals surface area contributed by atoms with Crippen molar-refractivity contribution in [1.29, 1.82) is 0 Å². The Morgan fingerprint density at radius 2 is 2.08 bits per heavy atom. The molecule has 0 spiro atoms. The lowest BCUT2D eigenvalue weighted by Crippen LogP contribution is -2.42. The van der Waals surface area contributed by atoms with Crippen molar-refractivity contribution in [3.05, 3.63) is 63.4 Å². The Morgan fingerprint density at radius 3 is 2.84 bits per heavy atom. The van der Waals surface area contributed by atoms with Gasteiger partial charge >= 0.3 is 0 Å². The number of aromatic amines is 1. The van der Waals surface area contributed by atoms with Crippen molar-refractivity contribution in [2.45, 2.75) is 13.0 Å².